The summed E-state index contributed by atoms with van der Waals surface area (Å²) in [7, 11) is 0. The third-order valence-corrected chi connectivity index (χ3v) is 4.18. The van der Waals surface area contributed by atoms with Crippen LogP contribution in [0.4, 0.5) is 20.2 Å². The zero-order chi connectivity index (χ0) is 15.7. The average Bonchev–Trinajstić information content (AvgIpc) is 2.71. The van der Waals surface area contributed by atoms with Crippen LogP contribution in [-0.4, -0.2) is 9.91 Å². The number of nitrogens with zero attached hydrogens (tertiary/aromatic N) is 2. The molecule has 2 aromatic rings. The van der Waals surface area contributed by atoms with Crippen LogP contribution in [0.5, 0.6) is 0 Å². The summed E-state index contributed by atoms with van der Waals surface area (Å²) >= 11 is 1.42. The van der Waals surface area contributed by atoms with E-state index in [4.69, 9.17) is 0 Å². The molecule has 1 heterocycles. The fraction of sp³-hybridized carbons (Fsp3) is 0.308. The van der Waals surface area contributed by atoms with Crippen LogP contribution in [0.2, 0.25) is 0 Å². The third-order valence-electron chi connectivity index (χ3n) is 2.92. The summed E-state index contributed by atoms with van der Waals surface area (Å²) in [6.07, 6.45) is 0. The van der Waals surface area contributed by atoms with Crippen LogP contribution in [0.15, 0.2) is 12.1 Å². The molecule has 0 bridgehead atoms. The van der Waals surface area contributed by atoms with Crippen molar-refractivity contribution in [2.75, 3.05) is 5.32 Å². The first kappa shape index (κ1) is 15.3. The minimum absolute atomic E-state index is 0.320. The van der Waals surface area contributed by atoms with Gasteiger partial charge in [0.25, 0.3) is 5.69 Å². The standard InChI is InChI=1S/C13H13F2N3O2S/c1-6-13(21-8(3)16-6)7(2)17-12-10(15)4-9(14)5-11(12)18(19)20/h4-5,7,17H,1-3H3. The Labute approximate surface area is 123 Å². The average molecular weight is 313 g/mol. The summed E-state index contributed by atoms with van der Waals surface area (Å²) in [5, 5.41) is 14.5. The Bertz CT molecular complexity index is 703. The van der Waals surface area contributed by atoms with Crippen LogP contribution in [0, 0.1) is 35.6 Å². The van der Waals surface area contributed by atoms with Gasteiger partial charge in [-0.1, -0.05) is 0 Å². The Hall–Kier alpha value is -2.09. The first-order chi connectivity index (χ1) is 9.79. The van der Waals surface area contributed by atoms with Crippen molar-refractivity contribution < 1.29 is 13.7 Å². The van der Waals surface area contributed by atoms with Crippen molar-refractivity contribution in [3.8, 4) is 0 Å². The lowest BCUT2D eigenvalue weighted by molar-refractivity contribution is -0.384. The second-order valence-electron chi connectivity index (χ2n) is 4.59. The van der Waals surface area contributed by atoms with Crippen LogP contribution in [0.1, 0.15) is 28.5 Å². The van der Waals surface area contributed by atoms with E-state index in [0.717, 1.165) is 15.6 Å². The topological polar surface area (TPSA) is 68.1 Å². The second-order valence-corrected chi connectivity index (χ2v) is 5.82. The normalized spacial score (nSPS) is 12.2. The van der Waals surface area contributed by atoms with E-state index in [2.05, 4.69) is 10.3 Å². The Morgan fingerprint density at radius 1 is 1.38 bits per heavy atom. The molecular weight excluding hydrogens is 300 g/mol. The van der Waals surface area contributed by atoms with Gasteiger partial charge in [-0.25, -0.2) is 13.8 Å². The summed E-state index contributed by atoms with van der Waals surface area (Å²) < 4.78 is 26.9. The number of benzene rings is 1. The number of hydrogen-bond acceptors (Lipinski definition) is 5. The molecule has 0 aliphatic heterocycles. The molecule has 2 rings (SSSR count). The highest BCUT2D eigenvalue weighted by Gasteiger charge is 2.23. The van der Waals surface area contributed by atoms with Gasteiger partial charge in [-0.05, 0) is 20.8 Å². The van der Waals surface area contributed by atoms with Crippen LogP contribution in [0.25, 0.3) is 0 Å². The van der Waals surface area contributed by atoms with E-state index in [1.807, 2.05) is 13.8 Å². The first-order valence-corrected chi connectivity index (χ1v) is 6.95. The molecule has 1 atom stereocenters. The van der Waals surface area contributed by atoms with Crippen LogP contribution < -0.4 is 5.32 Å². The van der Waals surface area contributed by atoms with Crippen molar-refractivity contribution in [3.63, 3.8) is 0 Å². The van der Waals surface area contributed by atoms with E-state index < -0.39 is 22.2 Å². The number of rotatable bonds is 4. The number of nitrogens with one attached hydrogen (secondary N) is 1. The molecule has 0 saturated carbocycles. The lowest BCUT2D eigenvalue weighted by atomic mass is 10.2. The summed E-state index contributed by atoms with van der Waals surface area (Å²) in [4.78, 5) is 15.2. The van der Waals surface area contributed by atoms with Crippen LogP contribution in [-0.2, 0) is 0 Å². The number of thiazole rings is 1. The highest BCUT2D eigenvalue weighted by Crippen LogP contribution is 2.34. The monoisotopic (exact) mass is 313 g/mol. The molecule has 1 aromatic carbocycles. The number of nitro benzene ring substituents is 1. The summed E-state index contributed by atoms with van der Waals surface area (Å²) in [5.41, 5.74) is -0.166. The van der Waals surface area contributed by atoms with Gasteiger partial charge in [0.2, 0.25) is 0 Å². The highest BCUT2D eigenvalue weighted by atomic mass is 32.1. The largest absolute Gasteiger partial charge is 0.370 e. The highest BCUT2D eigenvalue weighted by molar-refractivity contribution is 7.11. The molecule has 0 spiro atoms. The summed E-state index contributed by atoms with van der Waals surface area (Å²) in [6.45, 7) is 5.40. The van der Waals surface area contributed by atoms with Gasteiger partial charge in [0.1, 0.15) is 11.5 Å². The molecule has 112 valence electrons. The molecule has 1 N–H and O–H groups in total. The van der Waals surface area contributed by atoms with Crippen LogP contribution >= 0.6 is 11.3 Å². The first-order valence-electron chi connectivity index (χ1n) is 6.13. The SMILES string of the molecule is Cc1nc(C)c(C(C)Nc2c(F)cc(F)cc2[N+](=O)[O-])s1. The van der Waals surface area contributed by atoms with E-state index in [9.17, 15) is 18.9 Å². The van der Waals surface area contributed by atoms with Gasteiger partial charge in [-0.2, -0.15) is 0 Å². The Morgan fingerprint density at radius 2 is 2.05 bits per heavy atom. The number of halogens is 2. The lowest BCUT2D eigenvalue weighted by Gasteiger charge is -2.15. The second kappa shape index (κ2) is 5.72. The van der Waals surface area contributed by atoms with Gasteiger partial charge in [0.15, 0.2) is 5.82 Å². The third kappa shape index (κ3) is 3.15. The van der Waals surface area contributed by atoms with Crippen molar-refractivity contribution in [2.45, 2.75) is 26.8 Å². The number of aromatic nitrogens is 1. The number of nitro groups is 1. The molecule has 0 saturated heterocycles. The van der Waals surface area contributed by atoms with Crippen molar-refractivity contribution in [1.29, 1.82) is 0 Å². The molecule has 0 amide bonds. The zero-order valence-electron chi connectivity index (χ0n) is 11.6. The maximum Gasteiger partial charge on any atom is 0.298 e. The van der Waals surface area contributed by atoms with E-state index >= 15 is 0 Å². The van der Waals surface area contributed by atoms with Gasteiger partial charge in [0, 0.05) is 10.9 Å². The maximum absolute atomic E-state index is 13.8. The Balaban J connectivity index is 2.39. The van der Waals surface area contributed by atoms with E-state index in [1.54, 1.807) is 6.92 Å². The van der Waals surface area contributed by atoms with E-state index in [0.29, 0.717) is 12.1 Å². The smallest absolute Gasteiger partial charge is 0.298 e. The minimum atomic E-state index is -0.993. The predicted molar refractivity (Wildman–Crippen MR) is 76.6 cm³/mol. The molecule has 0 radical (unpaired) electrons. The number of aryl methyl sites for hydroxylation is 2. The van der Waals surface area contributed by atoms with Crippen molar-refractivity contribution in [3.05, 3.63) is 49.5 Å². The van der Waals surface area contributed by atoms with Gasteiger partial charge < -0.3 is 5.32 Å². The minimum Gasteiger partial charge on any atom is -0.370 e. The molecule has 8 heteroatoms. The Kier molecular flexibility index (Phi) is 4.17. The Morgan fingerprint density at radius 3 is 2.57 bits per heavy atom. The van der Waals surface area contributed by atoms with Crippen molar-refractivity contribution in [1.82, 2.24) is 4.98 Å². The number of anilines is 1. The zero-order valence-corrected chi connectivity index (χ0v) is 12.4. The molecule has 5 nitrogen and oxygen atoms in total. The molecule has 0 aliphatic carbocycles. The fourth-order valence-electron chi connectivity index (χ4n) is 2.08. The molecule has 21 heavy (non-hydrogen) atoms. The van der Waals surface area contributed by atoms with Crippen molar-refractivity contribution in [2.24, 2.45) is 0 Å². The molecule has 1 aromatic heterocycles. The maximum atomic E-state index is 13.8. The lowest BCUT2D eigenvalue weighted by Crippen LogP contribution is -2.10. The predicted octanol–water partition coefficient (Wildman–Crippen LogP) is 4.12. The number of hydrogen-bond donors (Lipinski definition) is 1. The summed E-state index contributed by atoms with van der Waals surface area (Å²) in [6, 6.07) is 0.935. The van der Waals surface area contributed by atoms with E-state index in [1.165, 1.54) is 11.3 Å². The molecule has 1 unspecified atom stereocenters. The van der Waals surface area contributed by atoms with Gasteiger partial charge in [-0.15, -0.1) is 11.3 Å². The van der Waals surface area contributed by atoms with Gasteiger partial charge in [0.05, 0.1) is 27.7 Å². The van der Waals surface area contributed by atoms with E-state index in [-0.39, 0.29) is 11.7 Å². The molecular formula is C13H13F2N3O2S. The fourth-order valence-corrected chi connectivity index (χ4v) is 3.01. The summed E-state index contributed by atoms with van der Waals surface area (Å²) in [5.74, 6) is -1.98. The van der Waals surface area contributed by atoms with Gasteiger partial charge >= 0.3 is 0 Å². The molecule has 0 fully saturated rings. The van der Waals surface area contributed by atoms with Crippen LogP contribution in [0.3, 0.4) is 0 Å². The molecule has 0 aliphatic rings. The quantitative estimate of drug-likeness (QED) is 0.681. The van der Waals surface area contributed by atoms with Gasteiger partial charge in [-0.3, -0.25) is 10.1 Å². The van der Waals surface area contributed by atoms with Crippen molar-refractivity contribution >= 4 is 22.7 Å².